The average molecular weight is 366 g/mol. The van der Waals surface area contributed by atoms with Crippen molar-refractivity contribution in [2.75, 3.05) is 13.1 Å². The monoisotopic (exact) mass is 366 g/mol. The van der Waals surface area contributed by atoms with Gasteiger partial charge in [-0.3, -0.25) is 0 Å². The second-order valence-electron chi connectivity index (χ2n) is 6.19. The quantitative estimate of drug-likeness (QED) is 0.474. The van der Waals surface area contributed by atoms with E-state index < -0.39 is 7.92 Å². The maximum Gasteiger partial charge on any atom is 0.123 e. The summed E-state index contributed by atoms with van der Waals surface area (Å²) in [5, 5.41) is 6.05. The minimum Gasteiger partial charge on any atom is -0.322 e. The molecule has 2 nitrogen and oxygen atoms in total. The molecule has 3 aromatic carbocycles. The van der Waals surface area contributed by atoms with Crippen molar-refractivity contribution >= 4 is 18.5 Å². The van der Waals surface area contributed by atoms with Crippen molar-refractivity contribution in [1.82, 2.24) is 5.32 Å². The molecular weight excluding hydrogens is 342 g/mol. The molecule has 0 spiro atoms. The van der Waals surface area contributed by atoms with Crippen molar-refractivity contribution in [3.63, 3.8) is 0 Å². The Bertz CT molecular complexity index is 739. The molecule has 0 heterocycles. The Morgan fingerprint density at radius 2 is 1.35 bits per heavy atom. The zero-order chi connectivity index (χ0) is 18.2. The second-order valence-corrected chi connectivity index (χ2v) is 8.63. The van der Waals surface area contributed by atoms with Crippen molar-refractivity contribution in [3.8, 4) is 0 Å². The predicted octanol–water partition coefficient (Wildman–Crippen LogP) is 3.38. The molecule has 0 aliphatic rings. The summed E-state index contributed by atoms with van der Waals surface area (Å²) >= 11 is 0. The number of benzene rings is 3. The van der Waals surface area contributed by atoms with Crippen LogP contribution >= 0.6 is 7.92 Å². The van der Waals surface area contributed by atoms with Crippen LogP contribution in [0.15, 0.2) is 84.9 Å². The van der Waals surface area contributed by atoms with Crippen LogP contribution in [0.2, 0.25) is 0 Å². The van der Waals surface area contributed by atoms with Crippen LogP contribution < -0.4 is 21.7 Å². The van der Waals surface area contributed by atoms with Crippen LogP contribution in [0.1, 0.15) is 5.56 Å². The topological polar surface area (TPSA) is 38.0 Å². The van der Waals surface area contributed by atoms with Gasteiger partial charge in [-0.25, -0.2) is 4.39 Å². The number of hydrogen-bond acceptors (Lipinski definition) is 2. The molecular formula is C22H24FN2P. The van der Waals surface area contributed by atoms with Gasteiger partial charge in [-0.1, -0.05) is 72.8 Å². The summed E-state index contributed by atoms with van der Waals surface area (Å²) in [6.45, 7) is 1.57. The van der Waals surface area contributed by atoms with Gasteiger partial charge in [-0.2, -0.15) is 0 Å². The molecule has 1 unspecified atom stereocenters. The fourth-order valence-electron chi connectivity index (χ4n) is 2.93. The molecule has 0 aromatic heterocycles. The fraction of sp³-hybridized carbons (Fsp3) is 0.182. The van der Waals surface area contributed by atoms with Crippen molar-refractivity contribution in [2.45, 2.75) is 12.2 Å². The molecule has 3 rings (SSSR count). The third kappa shape index (κ3) is 5.22. The maximum absolute atomic E-state index is 13.0. The summed E-state index contributed by atoms with van der Waals surface area (Å²) in [5.74, 6) is -0.164. The van der Waals surface area contributed by atoms with Crippen LogP contribution in [-0.2, 0) is 6.42 Å². The molecule has 0 bridgehead atoms. The van der Waals surface area contributed by atoms with Crippen LogP contribution in [0.25, 0.3) is 0 Å². The highest BCUT2D eigenvalue weighted by Crippen LogP contribution is 2.36. The maximum atomic E-state index is 13.0. The lowest BCUT2D eigenvalue weighted by Gasteiger charge is -2.26. The standard InChI is InChI=1S/C22H24FN2P/c23-19-13-11-18(12-14-19)15-16-25-17-22(24)26(20-7-3-1-4-8-20)21-9-5-2-6-10-21/h1-14,22,25H,15-17,24H2. The van der Waals surface area contributed by atoms with E-state index >= 15 is 0 Å². The first kappa shape index (κ1) is 18.7. The lowest BCUT2D eigenvalue weighted by atomic mass is 10.1. The molecule has 0 radical (unpaired) electrons. The Morgan fingerprint density at radius 1 is 0.808 bits per heavy atom. The first-order chi connectivity index (χ1) is 12.7. The van der Waals surface area contributed by atoms with Gasteiger partial charge in [0, 0.05) is 12.3 Å². The van der Waals surface area contributed by atoms with Crippen LogP contribution in [0.3, 0.4) is 0 Å². The summed E-state index contributed by atoms with van der Waals surface area (Å²) in [6, 6.07) is 27.7. The van der Waals surface area contributed by atoms with Gasteiger partial charge >= 0.3 is 0 Å². The summed E-state index contributed by atoms with van der Waals surface area (Å²) in [4.78, 5) is 0. The smallest absolute Gasteiger partial charge is 0.123 e. The number of nitrogens with two attached hydrogens (primary N) is 1. The highest BCUT2D eigenvalue weighted by Gasteiger charge is 2.20. The lowest BCUT2D eigenvalue weighted by molar-refractivity contribution is 0.625. The average Bonchev–Trinajstić information content (AvgIpc) is 2.68. The fourth-order valence-corrected chi connectivity index (χ4v) is 5.30. The van der Waals surface area contributed by atoms with Crippen LogP contribution in [-0.4, -0.2) is 18.9 Å². The lowest BCUT2D eigenvalue weighted by Crippen LogP contribution is -2.38. The largest absolute Gasteiger partial charge is 0.322 e. The summed E-state index contributed by atoms with van der Waals surface area (Å²) in [7, 11) is -0.622. The van der Waals surface area contributed by atoms with E-state index in [9.17, 15) is 4.39 Å². The number of halogens is 1. The van der Waals surface area contributed by atoms with E-state index in [1.54, 1.807) is 0 Å². The zero-order valence-electron chi connectivity index (χ0n) is 14.7. The van der Waals surface area contributed by atoms with Crippen molar-refractivity contribution in [2.24, 2.45) is 5.73 Å². The second kappa shape index (κ2) is 9.59. The molecule has 26 heavy (non-hydrogen) atoms. The Balaban J connectivity index is 1.61. The van der Waals surface area contributed by atoms with Gasteiger partial charge in [0.1, 0.15) is 5.82 Å². The van der Waals surface area contributed by atoms with Crippen LogP contribution in [0.4, 0.5) is 4.39 Å². The summed E-state index contributed by atoms with van der Waals surface area (Å²) in [6.07, 6.45) is 0.863. The van der Waals surface area contributed by atoms with E-state index in [1.807, 2.05) is 24.3 Å². The highest BCUT2D eigenvalue weighted by atomic mass is 31.1. The Labute approximate surface area is 156 Å². The molecule has 0 aliphatic heterocycles. The molecule has 3 N–H and O–H groups in total. The third-order valence-electron chi connectivity index (χ3n) is 4.26. The van der Waals surface area contributed by atoms with E-state index in [4.69, 9.17) is 5.73 Å². The molecule has 1 atom stereocenters. The third-order valence-corrected chi connectivity index (χ3v) is 6.81. The first-order valence-electron chi connectivity index (χ1n) is 8.84. The Kier molecular flexibility index (Phi) is 6.90. The van der Waals surface area contributed by atoms with E-state index in [0.29, 0.717) is 0 Å². The molecule has 0 saturated carbocycles. The molecule has 0 fully saturated rings. The number of rotatable bonds is 8. The predicted molar refractivity (Wildman–Crippen MR) is 110 cm³/mol. The van der Waals surface area contributed by atoms with Gasteiger partial charge in [-0.05, 0) is 49.2 Å². The Hall–Kier alpha value is -2.06. The summed E-state index contributed by atoms with van der Waals surface area (Å²) in [5.41, 5.74) is 7.72. The molecule has 0 saturated heterocycles. The van der Waals surface area contributed by atoms with Crippen molar-refractivity contribution in [1.29, 1.82) is 0 Å². The van der Waals surface area contributed by atoms with Gasteiger partial charge in [0.25, 0.3) is 0 Å². The SMILES string of the molecule is NC(CNCCc1ccc(F)cc1)P(c1ccccc1)c1ccccc1. The molecule has 134 valence electrons. The van der Waals surface area contributed by atoms with Crippen molar-refractivity contribution in [3.05, 3.63) is 96.3 Å². The van der Waals surface area contributed by atoms with Gasteiger partial charge in [-0.15, -0.1) is 0 Å². The number of nitrogens with one attached hydrogen (secondary N) is 1. The highest BCUT2D eigenvalue weighted by molar-refractivity contribution is 7.73. The molecule has 4 heteroatoms. The normalized spacial score (nSPS) is 12.3. The van der Waals surface area contributed by atoms with Gasteiger partial charge in [0.15, 0.2) is 0 Å². The van der Waals surface area contributed by atoms with E-state index in [0.717, 1.165) is 25.1 Å². The van der Waals surface area contributed by atoms with Crippen LogP contribution in [0, 0.1) is 5.82 Å². The van der Waals surface area contributed by atoms with Gasteiger partial charge < -0.3 is 11.1 Å². The van der Waals surface area contributed by atoms with Gasteiger partial charge in [0.2, 0.25) is 0 Å². The van der Waals surface area contributed by atoms with Crippen LogP contribution in [0.5, 0.6) is 0 Å². The molecule has 3 aromatic rings. The summed E-state index contributed by atoms with van der Waals surface area (Å²) < 4.78 is 13.0. The first-order valence-corrected chi connectivity index (χ1v) is 10.3. The minimum absolute atomic E-state index is 0.0306. The number of hydrogen-bond donors (Lipinski definition) is 2. The van der Waals surface area contributed by atoms with E-state index in [1.165, 1.54) is 22.7 Å². The Morgan fingerprint density at radius 3 is 1.88 bits per heavy atom. The minimum atomic E-state index is -0.622. The molecule has 0 amide bonds. The van der Waals surface area contributed by atoms with Crippen molar-refractivity contribution < 1.29 is 4.39 Å². The van der Waals surface area contributed by atoms with E-state index in [2.05, 4.69) is 53.8 Å². The van der Waals surface area contributed by atoms with Gasteiger partial charge in [0.05, 0.1) is 0 Å². The van der Waals surface area contributed by atoms with E-state index in [-0.39, 0.29) is 11.6 Å². The molecule has 0 aliphatic carbocycles. The zero-order valence-corrected chi connectivity index (χ0v) is 15.6.